The predicted octanol–water partition coefficient (Wildman–Crippen LogP) is 2.30. The Bertz CT molecular complexity index is 374. The van der Waals surface area contributed by atoms with Crippen molar-refractivity contribution in [3.05, 3.63) is 15.5 Å². The second-order valence-corrected chi connectivity index (χ2v) is 6.33. The average Bonchev–Trinajstić information content (AvgIpc) is 2.68. The van der Waals surface area contributed by atoms with Crippen LogP contribution in [0.2, 0.25) is 4.34 Å². The SMILES string of the molecule is COCCN1CCCCC(N)C1c1ncc(Cl)s1. The third-order valence-electron chi connectivity index (χ3n) is 3.36. The van der Waals surface area contributed by atoms with Gasteiger partial charge in [0.2, 0.25) is 0 Å². The van der Waals surface area contributed by atoms with Crippen LogP contribution in [-0.2, 0) is 4.74 Å². The normalized spacial score (nSPS) is 26.2. The van der Waals surface area contributed by atoms with E-state index in [4.69, 9.17) is 22.1 Å². The molecule has 2 rings (SSSR count). The van der Waals surface area contributed by atoms with Crippen molar-refractivity contribution in [2.24, 2.45) is 5.73 Å². The fourth-order valence-electron chi connectivity index (χ4n) is 2.47. The van der Waals surface area contributed by atoms with Crippen molar-refractivity contribution >= 4 is 22.9 Å². The number of thiazole rings is 1. The Kier molecular flexibility index (Phi) is 5.38. The molecule has 18 heavy (non-hydrogen) atoms. The smallest absolute Gasteiger partial charge is 0.113 e. The first-order valence-corrected chi connectivity index (χ1v) is 7.51. The largest absolute Gasteiger partial charge is 0.383 e. The molecule has 1 aliphatic rings. The highest BCUT2D eigenvalue weighted by atomic mass is 35.5. The van der Waals surface area contributed by atoms with Crippen molar-refractivity contribution in [1.29, 1.82) is 0 Å². The van der Waals surface area contributed by atoms with Crippen LogP contribution in [0, 0.1) is 0 Å². The summed E-state index contributed by atoms with van der Waals surface area (Å²) >= 11 is 7.53. The van der Waals surface area contributed by atoms with Gasteiger partial charge in [-0.15, -0.1) is 11.3 Å². The Morgan fingerprint density at radius 1 is 1.61 bits per heavy atom. The number of ether oxygens (including phenoxy) is 1. The van der Waals surface area contributed by atoms with Gasteiger partial charge in [-0.05, 0) is 19.4 Å². The lowest BCUT2D eigenvalue weighted by Crippen LogP contribution is -2.41. The first-order valence-electron chi connectivity index (χ1n) is 6.32. The van der Waals surface area contributed by atoms with Crippen molar-refractivity contribution in [2.45, 2.75) is 31.3 Å². The van der Waals surface area contributed by atoms with Crippen LogP contribution in [0.4, 0.5) is 0 Å². The quantitative estimate of drug-likeness (QED) is 0.924. The second-order valence-electron chi connectivity index (χ2n) is 4.64. The van der Waals surface area contributed by atoms with Crippen LogP contribution in [0.25, 0.3) is 0 Å². The molecule has 1 saturated heterocycles. The van der Waals surface area contributed by atoms with Gasteiger partial charge >= 0.3 is 0 Å². The van der Waals surface area contributed by atoms with E-state index in [1.165, 1.54) is 24.2 Å². The van der Waals surface area contributed by atoms with Crippen molar-refractivity contribution in [1.82, 2.24) is 9.88 Å². The van der Waals surface area contributed by atoms with Gasteiger partial charge in [0.05, 0.1) is 18.8 Å². The van der Waals surface area contributed by atoms with E-state index in [2.05, 4.69) is 9.88 Å². The van der Waals surface area contributed by atoms with Gasteiger partial charge in [-0.3, -0.25) is 4.90 Å². The summed E-state index contributed by atoms with van der Waals surface area (Å²) in [5, 5.41) is 1.03. The number of nitrogens with two attached hydrogens (primary N) is 1. The molecule has 0 aromatic carbocycles. The molecule has 0 bridgehead atoms. The molecule has 2 heterocycles. The van der Waals surface area contributed by atoms with E-state index in [1.54, 1.807) is 13.3 Å². The molecule has 102 valence electrons. The zero-order valence-corrected chi connectivity index (χ0v) is 12.2. The number of hydrogen-bond acceptors (Lipinski definition) is 5. The maximum atomic E-state index is 6.32. The molecule has 2 unspecified atom stereocenters. The number of likely N-dealkylation sites (tertiary alicyclic amines) is 1. The van der Waals surface area contributed by atoms with Gasteiger partial charge in [-0.1, -0.05) is 18.0 Å². The van der Waals surface area contributed by atoms with Crippen molar-refractivity contribution in [2.75, 3.05) is 26.8 Å². The third-order valence-corrected chi connectivity index (χ3v) is 4.55. The van der Waals surface area contributed by atoms with Gasteiger partial charge < -0.3 is 10.5 Å². The van der Waals surface area contributed by atoms with Gasteiger partial charge in [0, 0.05) is 19.7 Å². The fourth-order valence-corrected chi connectivity index (χ4v) is 3.61. The van der Waals surface area contributed by atoms with E-state index < -0.39 is 0 Å². The zero-order chi connectivity index (χ0) is 13.0. The number of methoxy groups -OCH3 is 1. The van der Waals surface area contributed by atoms with E-state index >= 15 is 0 Å². The molecule has 6 heteroatoms. The Hall–Kier alpha value is -0.200. The molecule has 0 spiro atoms. The van der Waals surface area contributed by atoms with Gasteiger partial charge in [0.15, 0.2) is 0 Å². The summed E-state index contributed by atoms with van der Waals surface area (Å²) in [6, 6.07) is 0.312. The maximum absolute atomic E-state index is 6.32. The molecule has 1 fully saturated rings. The van der Waals surface area contributed by atoms with Crippen LogP contribution in [0.1, 0.15) is 30.3 Å². The monoisotopic (exact) mass is 289 g/mol. The van der Waals surface area contributed by atoms with E-state index in [1.807, 2.05) is 0 Å². The van der Waals surface area contributed by atoms with Crippen LogP contribution in [0.5, 0.6) is 0 Å². The number of halogens is 1. The molecule has 1 aromatic rings. The summed E-state index contributed by atoms with van der Waals surface area (Å²) in [5.74, 6) is 0. The standard InChI is InChI=1S/C12H20ClN3OS/c1-17-7-6-16-5-3-2-4-9(14)11(16)12-15-8-10(13)18-12/h8-9,11H,2-7,14H2,1H3. The van der Waals surface area contributed by atoms with Crippen molar-refractivity contribution < 1.29 is 4.74 Å². The average molecular weight is 290 g/mol. The van der Waals surface area contributed by atoms with Gasteiger partial charge in [-0.2, -0.15) is 0 Å². The fraction of sp³-hybridized carbons (Fsp3) is 0.750. The van der Waals surface area contributed by atoms with E-state index in [0.717, 1.165) is 35.5 Å². The first kappa shape index (κ1) is 14.2. The van der Waals surface area contributed by atoms with Gasteiger partial charge in [0.1, 0.15) is 9.34 Å². The predicted molar refractivity (Wildman–Crippen MR) is 75.1 cm³/mol. The Balaban J connectivity index is 2.17. The van der Waals surface area contributed by atoms with Crippen molar-refractivity contribution in [3.8, 4) is 0 Å². The summed E-state index contributed by atoms with van der Waals surface area (Å²) in [4.78, 5) is 6.80. The lowest BCUT2D eigenvalue weighted by molar-refractivity contribution is 0.115. The minimum atomic E-state index is 0.131. The van der Waals surface area contributed by atoms with Gasteiger partial charge in [-0.25, -0.2) is 4.98 Å². The van der Waals surface area contributed by atoms with E-state index in [0.29, 0.717) is 0 Å². The summed E-state index contributed by atoms with van der Waals surface area (Å²) in [6.07, 6.45) is 5.13. The summed E-state index contributed by atoms with van der Waals surface area (Å²) in [5.41, 5.74) is 6.32. The third kappa shape index (κ3) is 3.42. The second kappa shape index (κ2) is 6.82. The Labute approximate surface area is 117 Å². The highest BCUT2D eigenvalue weighted by Crippen LogP contribution is 2.33. The lowest BCUT2D eigenvalue weighted by Gasteiger charge is -2.31. The van der Waals surface area contributed by atoms with Crippen LogP contribution < -0.4 is 5.73 Å². The molecule has 2 N–H and O–H groups in total. The van der Waals surface area contributed by atoms with Gasteiger partial charge in [0.25, 0.3) is 0 Å². The minimum Gasteiger partial charge on any atom is -0.383 e. The van der Waals surface area contributed by atoms with Crippen LogP contribution in [0.3, 0.4) is 0 Å². The van der Waals surface area contributed by atoms with E-state index in [-0.39, 0.29) is 12.1 Å². The summed E-state index contributed by atoms with van der Waals surface area (Å²) in [7, 11) is 1.73. The number of hydrogen-bond donors (Lipinski definition) is 1. The Morgan fingerprint density at radius 3 is 3.11 bits per heavy atom. The molecule has 0 amide bonds. The topological polar surface area (TPSA) is 51.4 Å². The molecule has 1 aromatic heterocycles. The van der Waals surface area contributed by atoms with Crippen LogP contribution in [0.15, 0.2) is 6.20 Å². The molecule has 1 aliphatic heterocycles. The zero-order valence-electron chi connectivity index (χ0n) is 10.6. The first-order chi connectivity index (χ1) is 8.72. The Morgan fingerprint density at radius 2 is 2.44 bits per heavy atom. The van der Waals surface area contributed by atoms with Crippen LogP contribution >= 0.6 is 22.9 Å². The van der Waals surface area contributed by atoms with Crippen molar-refractivity contribution in [3.63, 3.8) is 0 Å². The highest BCUT2D eigenvalue weighted by Gasteiger charge is 2.30. The minimum absolute atomic E-state index is 0.131. The molecular weight excluding hydrogens is 270 g/mol. The number of nitrogens with zero attached hydrogens (tertiary/aromatic N) is 2. The number of rotatable bonds is 4. The summed E-state index contributed by atoms with van der Waals surface area (Å²) < 4.78 is 5.91. The number of aromatic nitrogens is 1. The molecule has 0 saturated carbocycles. The van der Waals surface area contributed by atoms with E-state index in [9.17, 15) is 0 Å². The molecular formula is C12H20ClN3OS. The molecule has 0 aliphatic carbocycles. The van der Waals surface area contributed by atoms with Crippen LogP contribution in [-0.4, -0.2) is 42.7 Å². The lowest BCUT2D eigenvalue weighted by atomic mass is 10.0. The summed E-state index contributed by atoms with van der Waals surface area (Å²) in [6.45, 7) is 2.67. The maximum Gasteiger partial charge on any atom is 0.113 e. The molecule has 0 radical (unpaired) electrons. The molecule has 4 nitrogen and oxygen atoms in total. The highest BCUT2D eigenvalue weighted by molar-refractivity contribution is 7.15. The molecule has 2 atom stereocenters.